The molecule has 0 bridgehead atoms. The quantitative estimate of drug-likeness (QED) is 0.111. The second-order valence-corrected chi connectivity index (χ2v) is 11.8. The van der Waals surface area contributed by atoms with E-state index < -0.39 is 29.8 Å². The Hall–Kier alpha value is -4.03. The number of amides is 4. The third-order valence-electron chi connectivity index (χ3n) is 7.56. The number of carbonyl (C=O) groups excluding carboxylic acids is 3. The fourth-order valence-corrected chi connectivity index (χ4v) is 6.32. The summed E-state index contributed by atoms with van der Waals surface area (Å²) in [7, 11) is 1.58. The highest BCUT2D eigenvalue weighted by Gasteiger charge is 2.40. The minimum atomic E-state index is -1.10. The summed E-state index contributed by atoms with van der Waals surface area (Å²) < 4.78 is 13.6. The van der Waals surface area contributed by atoms with Crippen LogP contribution < -0.4 is 21.4 Å². The van der Waals surface area contributed by atoms with Gasteiger partial charge in [0.25, 0.3) is 0 Å². The van der Waals surface area contributed by atoms with Crippen LogP contribution in [0.2, 0.25) is 0 Å². The maximum Gasteiger partial charge on any atom is 0.329 e. The molecule has 45 heavy (non-hydrogen) atoms. The molecule has 2 atom stereocenters. The Morgan fingerprint density at radius 3 is 2.27 bits per heavy atom. The van der Waals surface area contributed by atoms with Crippen molar-refractivity contribution in [2.45, 2.75) is 58.5 Å². The van der Waals surface area contributed by atoms with Crippen molar-refractivity contribution in [1.29, 1.82) is 0 Å². The number of ether oxygens (including phenoxy) is 2. The molecule has 0 unspecified atom stereocenters. The smallest absolute Gasteiger partial charge is 0.329 e. The van der Waals surface area contributed by atoms with Crippen molar-refractivity contribution < 1.29 is 23.9 Å². The second-order valence-electron chi connectivity index (χ2n) is 10.9. The molecule has 0 aliphatic rings. The summed E-state index contributed by atoms with van der Waals surface area (Å²) in [5.41, 5.74) is 4.70. The highest BCUT2D eigenvalue weighted by molar-refractivity contribution is 7.17. The van der Waals surface area contributed by atoms with Gasteiger partial charge in [0.05, 0.1) is 12.6 Å². The lowest BCUT2D eigenvalue weighted by Crippen LogP contribution is -2.59. The van der Waals surface area contributed by atoms with Gasteiger partial charge in [0, 0.05) is 37.9 Å². The van der Waals surface area contributed by atoms with E-state index in [1.54, 1.807) is 25.3 Å². The molecule has 0 spiro atoms. The minimum Gasteiger partial charge on any atom is -0.348 e. The van der Waals surface area contributed by atoms with Crippen LogP contribution in [0, 0.1) is 0 Å². The van der Waals surface area contributed by atoms with Gasteiger partial charge in [-0.05, 0) is 66.4 Å². The van der Waals surface area contributed by atoms with E-state index in [2.05, 4.69) is 38.9 Å². The predicted molar refractivity (Wildman–Crippen MR) is 179 cm³/mol. The lowest BCUT2D eigenvalue weighted by Gasteiger charge is -2.39. The zero-order valence-electron chi connectivity index (χ0n) is 26.5. The largest absolute Gasteiger partial charge is 0.348 e. The number of carbonyl (C=O) groups is 3. The van der Waals surface area contributed by atoms with Crippen molar-refractivity contribution in [2.24, 2.45) is 0 Å². The highest BCUT2D eigenvalue weighted by Crippen LogP contribution is 2.32. The topological polar surface area (TPSA) is 121 Å². The van der Waals surface area contributed by atoms with E-state index >= 15 is 0 Å². The summed E-state index contributed by atoms with van der Waals surface area (Å²) in [6.45, 7) is 8.21. The van der Waals surface area contributed by atoms with Crippen LogP contribution in [0.5, 0.6) is 0 Å². The third kappa shape index (κ3) is 8.79. The summed E-state index contributed by atoms with van der Waals surface area (Å²) >= 11 is 1.66. The van der Waals surface area contributed by atoms with Gasteiger partial charge in [-0.2, -0.15) is 0 Å². The molecule has 10 nitrogen and oxygen atoms in total. The fraction of sp³-hybridized carbons (Fsp3) is 0.382. The highest BCUT2D eigenvalue weighted by atomic mass is 32.1. The minimum absolute atomic E-state index is 0.151. The van der Waals surface area contributed by atoms with Crippen molar-refractivity contribution in [3.63, 3.8) is 0 Å². The number of thiophene rings is 1. The Labute approximate surface area is 268 Å². The van der Waals surface area contributed by atoms with E-state index in [0.29, 0.717) is 26.2 Å². The van der Waals surface area contributed by atoms with E-state index in [1.165, 1.54) is 9.71 Å². The number of hydrazine groups is 1. The molecule has 4 amide bonds. The molecule has 1 aromatic heterocycles. The zero-order valence-corrected chi connectivity index (χ0v) is 27.3. The summed E-state index contributed by atoms with van der Waals surface area (Å²) in [5, 5.41) is 15.3. The van der Waals surface area contributed by atoms with Crippen molar-refractivity contribution in [3.05, 3.63) is 83.2 Å². The van der Waals surface area contributed by atoms with Crippen LogP contribution >= 0.6 is 11.3 Å². The molecule has 0 fully saturated rings. The van der Waals surface area contributed by atoms with Gasteiger partial charge < -0.3 is 25.4 Å². The Balaban J connectivity index is 1.29. The lowest BCUT2D eigenvalue weighted by atomic mass is 9.97. The third-order valence-corrected chi connectivity index (χ3v) is 8.57. The van der Waals surface area contributed by atoms with Gasteiger partial charge in [0.15, 0.2) is 5.79 Å². The first-order valence-electron chi connectivity index (χ1n) is 15.2. The van der Waals surface area contributed by atoms with Gasteiger partial charge in [-0.25, -0.2) is 9.80 Å². The van der Waals surface area contributed by atoms with Crippen LogP contribution in [-0.4, -0.2) is 67.5 Å². The van der Waals surface area contributed by atoms with Gasteiger partial charge in [-0.3, -0.25) is 15.0 Å². The average Bonchev–Trinajstić information content (AvgIpc) is 3.42. The number of nitrogens with one attached hydrogen (secondary N) is 4. The van der Waals surface area contributed by atoms with E-state index in [9.17, 15) is 14.4 Å². The van der Waals surface area contributed by atoms with Crippen LogP contribution in [0.1, 0.15) is 38.8 Å². The van der Waals surface area contributed by atoms with Crippen molar-refractivity contribution in [2.75, 3.05) is 26.8 Å². The number of hydrogen-bond acceptors (Lipinski definition) is 7. The SMILES string of the molecule is CCOC(Cc1csc2ccccc12)(OCC)[C@H](C)NC(=O)[C@H](C)NC(=O)CN(C)NC(=O)NCc1cccc2ccccc12. The summed E-state index contributed by atoms with van der Waals surface area (Å²) in [4.78, 5) is 38.5. The van der Waals surface area contributed by atoms with Crippen LogP contribution in [0.4, 0.5) is 4.79 Å². The maximum atomic E-state index is 13.2. The Bertz CT molecular complexity index is 1600. The number of rotatable bonds is 15. The molecule has 0 radical (unpaired) electrons. The monoisotopic (exact) mass is 633 g/mol. The van der Waals surface area contributed by atoms with Gasteiger partial charge in [-0.1, -0.05) is 60.7 Å². The van der Waals surface area contributed by atoms with Crippen LogP contribution in [0.3, 0.4) is 0 Å². The molecule has 0 aliphatic carbocycles. The molecule has 4 N–H and O–H groups in total. The van der Waals surface area contributed by atoms with Crippen molar-refractivity contribution >= 4 is 50.0 Å². The molecular weight excluding hydrogens is 590 g/mol. The fourth-order valence-electron chi connectivity index (χ4n) is 5.36. The van der Waals surface area contributed by atoms with Crippen LogP contribution in [-0.2, 0) is 32.0 Å². The molecular formula is C34H43N5O5S. The lowest BCUT2D eigenvalue weighted by molar-refractivity contribution is -0.246. The van der Waals surface area contributed by atoms with E-state index in [0.717, 1.165) is 27.3 Å². The average molecular weight is 634 g/mol. The van der Waals surface area contributed by atoms with Gasteiger partial charge in [0.2, 0.25) is 11.8 Å². The molecule has 3 aromatic carbocycles. The Morgan fingerprint density at radius 1 is 0.867 bits per heavy atom. The number of likely N-dealkylation sites (N-methyl/N-ethyl adjacent to an activating group) is 1. The Morgan fingerprint density at radius 2 is 1.53 bits per heavy atom. The molecule has 0 saturated carbocycles. The standard InChI is InChI=1S/C34H43N5O5S/c1-6-43-34(44-7-2,19-27-22-45-30-18-11-10-17-29(27)30)24(4)37-32(41)23(3)36-31(40)21-39(5)38-33(42)35-20-26-15-12-14-25-13-8-9-16-28(25)26/h8-18,22-24H,6-7,19-21H2,1-5H3,(H,36,40)(H,37,41)(H2,35,38,42)/t23-,24-/m0/s1. The number of benzene rings is 3. The Kier molecular flexibility index (Phi) is 11.9. The molecule has 4 rings (SSSR count). The molecule has 240 valence electrons. The van der Waals surface area contributed by atoms with Crippen molar-refractivity contribution in [3.8, 4) is 0 Å². The van der Waals surface area contributed by atoms with Gasteiger partial charge in [-0.15, -0.1) is 11.3 Å². The first-order valence-corrected chi connectivity index (χ1v) is 16.1. The predicted octanol–water partition coefficient (Wildman–Crippen LogP) is 4.72. The first-order chi connectivity index (χ1) is 21.7. The normalized spacial score (nSPS) is 13.0. The van der Waals surface area contributed by atoms with Crippen LogP contribution in [0.15, 0.2) is 72.1 Å². The van der Waals surface area contributed by atoms with Gasteiger partial charge in [0.1, 0.15) is 6.04 Å². The van der Waals surface area contributed by atoms with Gasteiger partial charge >= 0.3 is 6.03 Å². The van der Waals surface area contributed by atoms with E-state index in [4.69, 9.17) is 9.47 Å². The summed E-state index contributed by atoms with van der Waals surface area (Å²) in [6, 6.07) is 20.3. The molecule has 4 aromatic rings. The molecule has 0 aliphatic heterocycles. The number of hydrogen-bond donors (Lipinski definition) is 4. The zero-order chi connectivity index (χ0) is 32.4. The molecule has 1 heterocycles. The maximum absolute atomic E-state index is 13.2. The summed E-state index contributed by atoms with van der Waals surface area (Å²) in [6.07, 6.45) is 0.444. The second kappa shape index (κ2) is 15.8. The van der Waals surface area contributed by atoms with Crippen molar-refractivity contribution in [1.82, 2.24) is 26.4 Å². The van der Waals surface area contributed by atoms with E-state index in [-0.39, 0.29) is 12.5 Å². The van der Waals surface area contributed by atoms with Crippen LogP contribution in [0.25, 0.3) is 20.9 Å². The molecule has 0 saturated heterocycles. The van der Waals surface area contributed by atoms with E-state index in [1.807, 2.05) is 75.4 Å². The molecule has 11 heteroatoms. The first kappa shape index (κ1) is 33.9. The number of urea groups is 1. The summed E-state index contributed by atoms with van der Waals surface area (Å²) in [5.74, 6) is -1.90. The number of fused-ring (bicyclic) bond motifs is 2. The number of nitrogens with zero attached hydrogens (tertiary/aromatic N) is 1.